The van der Waals surface area contributed by atoms with Crippen LogP contribution in [0.3, 0.4) is 0 Å². The number of rotatable bonds is 3. The second-order valence-electron chi connectivity index (χ2n) is 4.18. The molecule has 2 atom stereocenters. The molecular formula is C11H16N2O5. The summed E-state index contributed by atoms with van der Waals surface area (Å²) >= 11 is 0. The SMILES string of the molecule is CCOC(=O)C1(C#N)CC(C)(C(=O)OC)ON1C. The largest absolute Gasteiger partial charge is 0.467 e. The summed E-state index contributed by atoms with van der Waals surface area (Å²) in [6.07, 6.45) is -0.140. The van der Waals surface area contributed by atoms with Crippen molar-refractivity contribution >= 4 is 11.9 Å². The highest BCUT2D eigenvalue weighted by Crippen LogP contribution is 2.38. The molecule has 1 rings (SSSR count). The number of ether oxygens (including phenoxy) is 2. The smallest absolute Gasteiger partial charge is 0.343 e. The van der Waals surface area contributed by atoms with Crippen molar-refractivity contribution in [3.8, 4) is 6.07 Å². The summed E-state index contributed by atoms with van der Waals surface area (Å²) in [7, 11) is 2.63. The highest BCUT2D eigenvalue weighted by Gasteiger charge is 2.61. The number of likely N-dealkylation sites (N-methyl/N-ethyl adjacent to an activating group) is 1. The molecule has 0 amide bonds. The molecule has 1 heterocycles. The number of hydrogen-bond donors (Lipinski definition) is 0. The van der Waals surface area contributed by atoms with Gasteiger partial charge < -0.3 is 9.47 Å². The molecule has 1 aliphatic rings. The summed E-state index contributed by atoms with van der Waals surface area (Å²) in [5.41, 5.74) is -3.00. The monoisotopic (exact) mass is 256 g/mol. The normalized spacial score (nSPS) is 31.7. The van der Waals surface area contributed by atoms with E-state index in [1.165, 1.54) is 21.1 Å². The van der Waals surface area contributed by atoms with Crippen molar-refractivity contribution in [1.82, 2.24) is 5.06 Å². The third-order valence-corrected chi connectivity index (χ3v) is 2.88. The first kappa shape index (κ1) is 14.4. The Morgan fingerprint density at radius 1 is 1.50 bits per heavy atom. The van der Waals surface area contributed by atoms with Crippen LogP contribution >= 0.6 is 0 Å². The third kappa shape index (κ3) is 2.05. The van der Waals surface area contributed by atoms with Gasteiger partial charge in [0.25, 0.3) is 0 Å². The van der Waals surface area contributed by atoms with Crippen molar-refractivity contribution in [1.29, 1.82) is 5.26 Å². The van der Waals surface area contributed by atoms with Crippen LogP contribution in [0.2, 0.25) is 0 Å². The van der Waals surface area contributed by atoms with Gasteiger partial charge in [0.1, 0.15) is 0 Å². The Kier molecular flexibility index (Phi) is 3.94. The Bertz CT molecular complexity index is 405. The third-order valence-electron chi connectivity index (χ3n) is 2.88. The second kappa shape index (κ2) is 4.92. The Balaban J connectivity index is 3.07. The fourth-order valence-corrected chi connectivity index (χ4v) is 1.94. The van der Waals surface area contributed by atoms with Crippen LogP contribution in [-0.4, -0.2) is 48.9 Å². The first-order valence-electron chi connectivity index (χ1n) is 5.46. The number of carbonyl (C=O) groups excluding carboxylic acids is 2. The molecule has 18 heavy (non-hydrogen) atoms. The summed E-state index contributed by atoms with van der Waals surface area (Å²) in [6.45, 7) is 3.25. The van der Waals surface area contributed by atoms with Gasteiger partial charge in [-0.3, -0.25) is 4.84 Å². The quantitative estimate of drug-likeness (QED) is 0.657. The maximum absolute atomic E-state index is 11.9. The number of nitriles is 1. The van der Waals surface area contributed by atoms with Crippen molar-refractivity contribution in [3.05, 3.63) is 0 Å². The van der Waals surface area contributed by atoms with E-state index in [1.54, 1.807) is 6.92 Å². The average Bonchev–Trinajstić information content (AvgIpc) is 2.62. The van der Waals surface area contributed by atoms with Gasteiger partial charge in [-0.05, 0) is 13.8 Å². The molecule has 1 saturated heterocycles. The molecule has 7 nitrogen and oxygen atoms in total. The Labute approximate surface area is 105 Å². The average molecular weight is 256 g/mol. The molecule has 0 saturated carbocycles. The number of carbonyl (C=O) groups is 2. The summed E-state index contributed by atoms with van der Waals surface area (Å²) in [6, 6.07) is 1.86. The zero-order chi connectivity index (χ0) is 14.0. The van der Waals surface area contributed by atoms with Gasteiger partial charge in [0.05, 0.1) is 19.8 Å². The van der Waals surface area contributed by atoms with Crippen molar-refractivity contribution in [3.63, 3.8) is 0 Å². The van der Waals surface area contributed by atoms with E-state index in [2.05, 4.69) is 4.74 Å². The summed E-state index contributed by atoms with van der Waals surface area (Å²) in [5, 5.41) is 10.3. The van der Waals surface area contributed by atoms with Crippen molar-refractivity contribution < 1.29 is 23.9 Å². The van der Waals surface area contributed by atoms with Crippen LogP contribution in [0.1, 0.15) is 20.3 Å². The highest BCUT2D eigenvalue weighted by molar-refractivity contribution is 5.88. The fourth-order valence-electron chi connectivity index (χ4n) is 1.94. The molecule has 2 unspecified atom stereocenters. The van der Waals surface area contributed by atoms with E-state index >= 15 is 0 Å². The van der Waals surface area contributed by atoms with E-state index in [-0.39, 0.29) is 13.0 Å². The van der Waals surface area contributed by atoms with Gasteiger partial charge in [-0.15, -0.1) is 0 Å². The van der Waals surface area contributed by atoms with Gasteiger partial charge >= 0.3 is 11.9 Å². The van der Waals surface area contributed by atoms with E-state index in [1.807, 2.05) is 6.07 Å². The van der Waals surface area contributed by atoms with Gasteiger partial charge in [0, 0.05) is 13.5 Å². The van der Waals surface area contributed by atoms with Crippen molar-refractivity contribution in [2.75, 3.05) is 20.8 Å². The molecular weight excluding hydrogens is 240 g/mol. The molecule has 0 aliphatic carbocycles. The van der Waals surface area contributed by atoms with Crippen LogP contribution < -0.4 is 0 Å². The second-order valence-corrected chi connectivity index (χ2v) is 4.18. The molecule has 0 radical (unpaired) electrons. The minimum Gasteiger partial charge on any atom is -0.467 e. The summed E-state index contributed by atoms with van der Waals surface area (Å²) < 4.78 is 9.47. The number of hydroxylamine groups is 2. The molecule has 1 fully saturated rings. The standard InChI is InChI=1S/C11H16N2O5/c1-5-17-9(15)11(7-12)6-10(2,8(14)16-4)18-13(11)3/h5-6H2,1-4H3. The predicted molar refractivity (Wildman–Crippen MR) is 58.9 cm³/mol. The first-order valence-corrected chi connectivity index (χ1v) is 5.46. The van der Waals surface area contributed by atoms with E-state index in [0.717, 1.165) is 5.06 Å². The van der Waals surface area contributed by atoms with Crippen LogP contribution in [0.5, 0.6) is 0 Å². The maximum Gasteiger partial charge on any atom is 0.343 e. The van der Waals surface area contributed by atoms with Gasteiger partial charge in [-0.25, -0.2) is 9.59 Å². The number of hydrogen-bond acceptors (Lipinski definition) is 7. The van der Waals surface area contributed by atoms with Crippen LogP contribution in [0.4, 0.5) is 0 Å². The molecule has 0 aromatic carbocycles. The number of esters is 2. The van der Waals surface area contributed by atoms with Gasteiger partial charge in [0.15, 0.2) is 5.60 Å². The van der Waals surface area contributed by atoms with E-state index in [4.69, 9.17) is 9.57 Å². The maximum atomic E-state index is 11.9. The molecule has 1 aliphatic heterocycles. The Morgan fingerprint density at radius 3 is 2.56 bits per heavy atom. The lowest BCUT2D eigenvalue weighted by Crippen LogP contribution is -2.48. The first-order chi connectivity index (χ1) is 8.36. The van der Waals surface area contributed by atoms with Crippen LogP contribution in [0.15, 0.2) is 0 Å². The number of methoxy groups -OCH3 is 1. The van der Waals surface area contributed by atoms with Crippen molar-refractivity contribution in [2.45, 2.75) is 31.4 Å². The zero-order valence-corrected chi connectivity index (χ0v) is 10.8. The van der Waals surface area contributed by atoms with Gasteiger partial charge in [-0.1, -0.05) is 0 Å². The molecule has 0 bridgehead atoms. The van der Waals surface area contributed by atoms with E-state index in [9.17, 15) is 14.9 Å². The fraction of sp³-hybridized carbons (Fsp3) is 0.727. The molecule has 100 valence electrons. The lowest BCUT2D eigenvalue weighted by molar-refractivity contribution is -0.214. The Morgan fingerprint density at radius 2 is 2.11 bits per heavy atom. The lowest BCUT2D eigenvalue weighted by atomic mass is 9.88. The van der Waals surface area contributed by atoms with E-state index in [0.29, 0.717) is 0 Å². The molecule has 0 aromatic rings. The minimum absolute atomic E-state index is 0.140. The molecule has 0 N–H and O–H groups in total. The lowest BCUT2D eigenvalue weighted by Gasteiger charge is -2.23. The van der Waals surface area contributed by atoms with Gasteiger partial charge in [-0.2, -0.15) is 10.3 Å². The van der Waals surface area contributed by atoms with Crippen molar-refractivity contribution in [2.24, 2.45) is 0 Å². The minimum atomic E-state index is -1.63. The molecule has 0 spiro atoms. The summed E-state index contributed by atoms with van der Waals surface area (Å²) in [4.78, 5) is 28.8. The molecule has 7 heteroatoms. The number of nitrogens with zero attached hydrogens (tertiary/aromatic N) is 2. The zero-order valence-electron chi connectivity index (χ0n) is 10.8. The van der Waals surface area contributed by atoms with E-state index < -0.39 is 23.1 Å². The topological polar surface area (TPSA) is 88.9 Å². The van der Waals surface area contributed by atoms with Gasteiger partial charge in [0.2, 0.25) is 5.54 Å². The molecule has 0 aromatic heterocycles. The van der Waals surface area contributed by atoms with Crippen LogP contribution in [0, 0.1) is 11.3 Å². The highest BCUT2D eigenvalue weighted by atomic mass is 16.7. The van der Waals surface area contributed by atoms with Crippen LogP contribution in [-0.2, 0) is 23.9 Å². The van der Waals surface area contributed by atoms with Crippen LogP contribution in [0.25, 0.3) is 0 Å². The summed E-state index contributed by atoms with van der Waals surface area (Å²) in [5.74, 6) is -1.38. The Hall–Kier alpha value is -1.65. The predicted octanol–water partition coefficient (Wildman–Crippen LogP) is 0.0107.